The number of benzene rings is 1. The summed E-state index contributed by atoms with van der Waals surface area (Å²) in [7, 11) is 1.66. The minimum Gasteiger partial charge on any atom is -0.618 e. The highest BCUT2D eigenvalue weighted by Crippen LogP contribution is 2.55. The standard InChI is InChI=1S/C25H25ClFN5O3/c1-13-22(19(26)6-8-32(13)35)18-4-3-17(12-20(18)27)29-25(34)23(16-10-14-9-15(14)11-16)30-24(33)21-5-7-28-31(21)2/h3-8,12,14-16,23H,9-11H2,1-2H3,(H,29,34)(H,30,33)/t14-,15+,16?,23?. The van der Waals surface area contributed by atoms with Gasteiger partial charge in [0.2, 0.25) is 5.91 Å². The van der Waals surface area contributed by atoms with Crippen LogP contribution in [-0.2, 0) is 11.8 Å². The number of rotatable bonds is 6. The van der Waals surface area contributed by atoms with Gasteiger partial charge in [0.05, 0.1) is 10.6 Å². The molecular formula is C25H25ClFN5O3. The summed E-state index contributed by atoms with van der Waals surface area (Å²) in [4.78, 5) is 26.1. The lowest BCUT2D eigenvalue weighted by Crippen LogP contribution is -2.48. The number of nitrogens with one attached hydrogen (secondary N) is 2. The van der Waals surface area contributed by atoms with Crippen LogP contribution >= 0.6 is 11.6 Å². The number of aryl methyl sites for hydroxylation is 1. The number of nitrogens with zero attached hydrogens (tertiary/aromatic N) is 3. The predicted octanol–water partition coefficient (Wildman–Crippen LogP) is 3.60. The number of pyridine rings is 1. The molecule has 2 N–H and O–H groups in total. The van der Waals surface area contributed by atoms with E-state index >= 15 is 4.39 Å². The zero-order valence-electron chi connectivity index (χ0n) is 19.3. The minimum absolute atomic E-state index is 0.0123. The molecule has 0 radical (unpaired) electrons. The molecule has 5 rings (SSSR count). The summed E-state index contributed by atoms with van der Waals surface area (Å²) in [6, 6.07) is 6.48. The van der Waals surface area contributed by atoms with Crippen molar-refractivity contribution in [3.8, 4) is 11.1 Å². The first kappa shape index (κ1) is 23.3. The van der Waals surface area contributed by atoms with E-state index < -0.39 is 17.8 Å². The molecular weight excluding hydrogens is 473 g/mol. The highest BCUT2D eigenvalue weighted by atomic mass is 35.5. The SMILES string of the molecule is Cc1c(-c2ccc(NC(=O)C(NC(=O)c3ccnn3C)C3C[C@@H]4C[C@@H]4C3)cc2F)c(Cl)cc[n+]1[O-]. The van der Waals surface area contributed by atoms with Crippen LogP contribution in [0.4, 0.5) is 10.1 Å². The van der Waals surface area contributed by atoms with Gasteiger partial charge in [-0.2, -0.15) is 9.83 Å². The van der Waals surface area contributed by atoms with E-state index in [0.717, 1.165) is 12.8 Å². The lowest BCUT2D eigenvalue weighted by atomic mass is 9.93. The van der Waals surface area contributed by atoms with Crippen molar-refractivity contribution in [2.45, 2.75) is 32.2 Å². The molecule has 0 saturated heterocycles. The van der Waals surface area contributed by atoms with Crippen LogP contribution in [-0.4, -0.2) is 27.6 Å². The summed E-state index contributed by atoms with van der Waals surface area (Å²) in [5, 5.41) is 21.9. The summed E-state index contributed by atoms with van der Waals surface area (Å²) in [6.07, 6.45) is 5.72. The first-order valence-electron chi connectivity index (χ1n) is 11.5. The van der Waals surface area contributed by atoms with Gasteiger partial charge >= 0.3 is 0 Å². The van der Waals surface area contributed by atoms with E-state index in [9.17, 15) is 14.8 Å². The van der Waals surface area contributed by atoms with Crippen molar-refractivity contribution in [1.29, 1.82) is 0 Å². The fraction of sp³-hybridized carbons (Fsp3) is 0.360. The molecule has 182 valence electrons. The molecule has 0 aliphatic heterocycles. The maximum atomic E-state index is 15.1. The van der Waals surface area contributed by atoms with E-state index in [0.29, 0.717) is 27.8 Å². The molecule has 2 saturated carbocycles. The Kier molecular flexibility index (Phi) is 5.96. The number of halogens is 2. The summed E-state index contributed by atoms with van der Waals surface area (Å²) in [6.45, 7) is 1.56. The third-order valence-electron chi connectivity index (χ3n) is 7.17. The number of fused-ring (bicyclic) bond motifs is 1. The average molecular weight is 498 g/mol. The lowest BCUT2D eigenvalue weighted by Gasteiger charge is -2.25. The topological polar surface area (TPSA) is 103 Å². The molecule has 0 bridgehead atoms. The van der Waals surface area contributed by atoms with Gasteiger partial charge in [0.25, 0.3) is 5.91 Å². The van der Waals surface area contributed by atoms with E-state index in [2.05, 4.69) is 15.7 Å². The van der Waals surface area contributed by atoms with Gasteiger partial charge in [-0.15, -0.1) is 0 Å². The van der Waals surface area contributed by atoms with Crippen LogP contribution in [0.15, 0.2) is 42.7 Å². The molecule has 2 amide bonds. The van der Waals surface area contributed by atoms with E-state index in [4.69, 9.17) is 11.6 Å². The van der Waals surface area contributed by atoms with Gasteiger partial charge in [-0.25, -0.2) is 4.39 Å². The minimum atomic E-state index is -0.752. The zero-order chi connectivity index (χ0) is 24.9. The Hall–Kier alpha value is -3.46. The third-order valence-corrected chi connectivity index (χ3v) is 7.48. The van der Waals surface area contributed by atoms with Crippen molar-refractivity contribution in [1.82, 2.24) is 15.1 Å². The van der Waals surface area contributed by atoms with Crippen LogP contribution in [0.1, 0.15) is 35.4 Å². The maximum absolute atomic E-state index is 15.1. The maximum Gasteiger partial charge on any atom is 0.270 e. The average Bonchev–Trinajstić information content (AvgIpc) is 3.20. The Morgan fingerprint density at radius 3 is 2.63 bits per heavy atom. The van der Waals surface area contributed by atoms with Crippen LogP contribution in [0.3, 0.4) is 0 Å². The van der Waals surface area contributed by atoms with Crippen molar-refractivity contribution in [2.24, 2.45) is 24.8 Å². The normalized spacial score (nSPS) is 21.3. The van der Waals surface area contributed by atoms with E-state index in [1.807, 2.05) is 0 Å². The van der Waals surface area contributed by atoms with Crippen LogP contribution in [0.5, 0.6) is 0 Å². The predicted molar refractivity (Wildman–Crippen MR) is 128 cm³/mol. The van der Waals surface area contributed by atoms with Gasteiger partial charge in [0, 0.05) is 37.5 Å². The van der Waals surface area contributed by atoms with Crippen molar-refractivity contribution < 1.29 is 18.7 Å². The lowest BCUT2D eigenvalue weighted by molar-refractivity contribution is -0.611. The number of hydrogen-bond acceptors (Lipinski definition) is 4. The quantitative estimate of drug-likeness (QED) is 0.401. The largest absolute Gasteiger partial charge is 0.618 e. The highest BCUT2D eigenvalue weighted by Gasteiger charge is 2.49. The molecule has 2 aromatic heterocycles. The van der Waals surface area contributed by atoms with Gasteiger partial charge in [-0.05, 0) is 61.3 Å². The van der Waals surface area contributed by atoms with Crippen LogP contribution < -0.4 is 15.4 Å². The second-order valence-electron chi connectivity index (χ2n) is 9.41. The molecule has 4 atom stereocenters. The van der Waals surface area contributed by atoms with Crippen molar-refractivity contribution >= 4 is 29.1 Å². The number of carbonyl (C=O) groups excluding carboxylic acids is 2. The van der Waals surface area contributed by atoms with Gasteiger partial charge in [-0.1, -0.05) is 11.6 Å². The van der Waals surface area contributed by atoms with Crippen molar-refractivity contribution in [3.05, 3.63) is 70.2 Å². The van der Waals surface area contributed by atoms with E-state index in [1.54, 1.807) is 26.1 Å². The molecule has 3 aromatic rings. The Labute approximate surface area is 206 Å². The second kappa shape index (κ2) is 8.96. The van der Waals surface area contributed by atoms with Crippen LogP contribution in [0.25, 0.3) is 11.1 Å². The number of anilines is 1. The molecule has 10 heteroatoms. The molecule has 8 nitrogen and oxygen atoms in total. The van der Waals surface area contributed by atoms with Gasteiger partial charge in [-0.3, -0.25) is 14.3 Å². The fourth-order valence-electron chi connectivity index (χ4n) is 5.19. The number of aromatic nitrogens is 3. The summed E-state index contributed by atoms with van der Waals surface area (Å²) in [5.41, 5.74) is 1.33. The molecule has 2 aliphatic rings. The van der Waals surface area contributed by atoms with Crippen LogP contribution in [0, 0.1) is 35.7 Å². The van der Waals surface area contributed by atoms with Gasteiger partial charge in [0.15, 0.2) is 11.9 Å². The smallest absolute Gasteiger partial charge is 0.270 e. The Morgan fingerprint density at radius 2 is 1.97 bits per heavy atom. The Bertz CT molecular complexity index is 1320. The fourth-order valence-corrected chi connectivity index (χ4v) is 5.49. The molecule has 2 unspecified atom stereocenters. The number of carbonyl (C=O) groups is 2. The monoisotopic (exact) mass is 497 g/mol. The number of hydrogen-bond donors (Lipinski definition) is 2. The molecule has 35 heavy (non-hydrogen) atoms. The summed E-state index contributed by atoms with van der Waals surface area (Å²) >= 11 is 6.23. The van der Waals surface area contributed by atoms with Crippen molar-refractivity contribution in [3.63, 3.8) is 0 Å². The van der Waals surface area contributed by atoms with Gasteiger partial charge in [0.1, 0.15) is 17.6 Å². The second-order valence-corrected chi connectivity index (χ2v) is 9.82. The number of amides is 2. The van der Waals surface area contributed by atoms with Crippen molar-refractivity contribution in [2.75, 3.05) is 5.32 Å². The van der Waals surface area contributed by atoms with E-state index in [1.165, 1.54) is 41.7 Å². The summed E-state index contributed by atoms with van der Waals surface area (Å²) in [5.74, 6) is -0.168. The molecule has 2 aliphatic carbocycles. The zero-order valence-corrected chi connectivity index (χ0v) is 20.1. The molecule has 2 fully saturated rings. The van der Waals surface area contributed by atoms with Crippen LogP contribution in [0.2, 0.25) is 5.02 Å². The first-order chi connectivity index (χ1) is 16.7. The molecule has 1 aromatic carbocycles. The summed E-state index contributed by atoms with van der Waals surface area (Å²) < 4.78 is 17.2. The van der Waals surface area contributed by atoms with E-state index in [-0.39, 0.29) is 33.8 Å². The third kappa shape index (κ3) is 4.48. The Balaban J connectivity index is 1.37. The van der Waals surface area contributed by atoms with Gasteiger partial charge < -0.3 is 15.8 Å². The molecule has 0 spiro atoms. The first-order valence-corrected chi connectivity index (χ1v) is 11.9. The highest BCUT2D eigenvalue weighted by molar-refractivity contribution is 6.33. The Morgan fingerprint density at radius 1 is 1.23 bits per heavy atom. The molecule has 2 heterocycles.